The number of sulfone groups is 1. The van der Waals surface area contributed by atoms with Crippen molar-refractivity contribution in [3.63, 3.8) is 0 Å². The van der Waals surface area contributed by atoms with E-state index < -0.39 is 9.84 Å². The maximum atomic E-state index is 12.8. The normalized spacial score (nSPS) is 12.1. The summed E-state index contributed by atoms with van der Waals surface area (Å²) < 4.78 is 25.3. The zero-order valence-corrected chi connectivity index (χ0v) is 14.8. The van der Waals surface area contributed by atoms with Gasteiger partial charge >= 0.3 is 0 Å². The van der Waals surface area contributed by atoms with Crippen LogP contribution in [0.1, 0.15) is 13.8 Å². The number of halogens is 1. The number of anilines is 1. The van der Waals surface area contributed by atoms with E-state index in [0.29, 0.717) is 6.54 Å². The highest BCUT2D eigenvalue weighted by Gasteiger charge is 2.24. The first-order valence-electron chi connectivity index (χ1n) is 6.77. The van der Waals surface area contributed by atoms with Crippen LogP contribution >= 0.6 is 15.9 Å². The molecule has 0 radical (unpaired) electrons. The molecule has 0 bridgehead atoms. The lowest BCUT2D eigenvalue weighted by Gasteiger charge is -2.20. The van der Waals surface area contributed by atoms with Crippen LogP contribution in [0.3, 0.4) is 0 Å². The van der Waals surface area contributed by atoms with Gasteiger partial charge in [-0.05, 0) is 38.1 Å². The summed E-state index contributed by atoms with van der Waals surface area (Å²) in [4.78, 5) is 0.261. The monoisotopic (exact) mass is 383 g/mol. The molecule has 6 heteroatoms. The van der Waals surface area contributed by atoms with E-state index in [-0.39, 0.29) is 25.6 Å². The van der Waals surface area contributed by atoms with Gasteiger partial charge in [-0.25, -0.2) is 8.42 Å². The maximum Gasteiger partial charge on any atom is 0.208 e. The number of benzene rings is 2. The molecule has 0 heterocycles. The van der Waals surface area contributed by atoms with E-state index in [9.17, 15) is 13.5 Å². The van der Waals surface area contributed by atoms with E-state index in [1.807, 2.05) is 13.8 Å². The molecule has 0 fully saturated rings. The Morgan fingerprint density at radius 1 is 1.09 bits per heavy atom. The molecule has 2 aromatic carbocycles. The number of phenolic OH excluding ortho intramolecular Hbond substituents is 1. The van der Waals surface area contributed by atoms with Crippen molar-refractivity contribution in [2.24, 2.45) is 0 Å². The fourth-order valence-electron chi connectivity index (χ4n) is 1.95. The van der Waals surface area contributed by atoms with Crippen LogP contribution in [0.2, 0.25) is 0 Å². The fourth-order valence-corrected chi connectivity index (χ4v) is 3.56. The molecule has 2 aromatic rings. The number of hydrogen-bond acceptors (Lipinski definition) is 4. The van der Waals surface area contributed by atoms with Crippen molar-refractivity contribution in [3.8, 4) is 5.75 Å². The summed E-state index contributed by atoms with van der Waals surface area (Å²) in [5, 5.41) is 13.1. The first-order chi connectivity index (χ1) is 10.2. The summed E-state index contributed by atoms with van der Waals surface area (Å²) in [5.41, 5.74) is 0.221. The zero-order chi connectivity index (χ0) is 16.4. The van der Waals surface area contributed by atoms with Gasteiger partial charge in [0.1, 0.15) is 5.75 Å². The Labute approximate surface area is 139 Å². The minimum atomic E-state index is -3.70. The molecule has 0 atom stereocenters. The van der Waals surface area contributed by atoms with Crippen molar-refractivity contribution in [2.45, 2.75) is 28.0 Å². The largest absolute Gasteiger partial charge is 0.506 e. The topological polar surface area (TPSA) is 66.4 Å². The van der Waals surface area contributed by atoms with Crippen molar-refractivity contribution in [2.75, 3.05) is 11.9 Å². The Morgan fingerprint density at radius 3 is 2.32 bits per heavy atom. The molecule has 0 unspecified atom stereocenters. The average Bonchev–Trinajstić information content (AvgIpc) is 2.45. The van der Waals surface area contributed by atoms with Crippen molar-refractivity contribution in [1.29, 1.82) is 0 Å². The Kier molecular flexibility index (Phi) is 4.82. The Balaban J connectivity index is 2.50. The minimum Gasteiger partial charge on any atom is -0.506 e. The van der Waals surface area contributed by atoms with Gasteiger partial charge in [0.15, 0.2) is 0 Å². The lowest BCUT2D eigenvalue weighted by molar-refractivity contribution is 0.475. The Hall–Kier alpha value is -1.53. The van der Waals surface area contributed by atoms with Crippen molar-refractivity contribution in [3.05, 3.63) is 48.5 Å². The molecule has 2 rings (SSSR count). The third kappa shape index (κ3) is 3.81. The highest BCUT2D eigenvalue weighted by Crippen LogP contribution is 2.35. The maximum absolute atomic E-state index is 12.8. The molecule has 0 saturated carbocycles. The van der Waals surface area contributed by atoms with Crippen LogP contribution in [0.25, 0.3) is 0 Å². The van der Waals surface area contributed by atoms with Gasteiger partial charge in [-0.3, -0.25) is 0 Å². The zero-order valence-electron chi connectivity index (χ0n) is 12.4. The highest BCUT2D eigenvalue weighted by molar-refractivity contribution is 9.10. The first kappa shape index (κ1) is 16.8. The molecule has 0 aliphatic heterocycles. The van der Waals surface area contributed by atoms with E-state index in [0.717, 1.165) is 0 Å². The molecule has 4 nitrogen and oxygen atoms in total. The van der Waals surface area contributed by atoms with Crippen LogP contribution in [0.15, 0.2) is 58.3 Å². The molecule has 0 spiro atoms. The molecule has 0 saturated heterocycles. The van der Waals surface area contributed by atoms with Crippen LogP contribution in [0, 0.1) is 0 Å². The van der Waals surface area contributed by atoms with Gasteiger partial charge in [-0.1, -0.05) is 40.2 Å². The molecular weight excluding hydrogens is 366 g/mol. The van der Waals surface area contributed by atoms with Gasteiger partial charge in [0, 0.05) is 10.9 Å². The van der Waals surface area contributed by atoms with Gasteiger partial charge < -0.3 is 10.4 Å². The second-order valence-corrected chi connectivity index (χ2v) is 9.60. The lowest BCUT2D eigenvalue weighted by atomic mass is 10.2. The lowest BCUT2D eigenvalue weighted by Crippen LogP contribution is -2.23. The van der Waals surface area contributed by atoms with Crippen molar-refractivity contribution >= 4 is 31.5 Å². The van der Waals surface area contributed by atoms with Gasteiger partial charge in [0.2, 0.25) is 9.84 Å². The van der Waals surface area contributed by atoms with E-state index >= 15 is 0 Å². The summed E-state index contributed by atoms with van der Waals surface area (Å²) in [6, 6.07) is 12.7. The molecule has 0 aromatic heterocycles. The smallest absolute Gasteiger partial charge is 0.208 e. The van der Waals surface area contributed by atoms with Crippen LogP contribution in [-0.2, 0) is 9.84 Å². The van der Waals surface area contributed by atoms with Crippen LogP contribution in [0.4, 0.5) is 5.69 Å². The summed E-state index contributed by atoms with van der Waals surface area (Å²) in [6.07, 6.45) is 0. The Morgan fingerprint density at radius 2 is 1.73 bits per heavy atom. The fraction of sp³-hybridized carbons (Fsp3) is 0.250. The molecule has 0 amide bonds. The van der Waals surface area contributed by atoms with Gasteiger partial charge in [-0.2, -0.15) is 0 Å². The summed E-state index contributed by atoms with van der Waals surface area (Å²) in [6.45, 7) is 4.36. The van der Waals surface area contributed by atoms with Crippen LogP contribution < -0.4 is 5.32 Å². The molecule has 0 aliphatic carbocycles. The number of nitrogens with one attached hydrogen (secondary N) is 1. The second-order valence-electron chi connectivity index (χ2n) is 5.54. The number of phenols is 1. The van der Waals surface area contributed by atoms with E-state index in [1.165, 1.54) is 30.3 Å². The molecule has 22 heavy (non-hydrogen) atoms. The van der Waals surface area contributed by atoms with Crippen molar-refractivity contribution < 1.29 is 13.5 Å². The van der Waals surface area contributed by atoms with Gasteiger partial charge in [0.25, 0.3) is 0 Å². The predicted molar refractivity (Wildman–Crippen MR) is 91.5 cm³/mol. The summed E-state index contributed by atoms with van der Waals surface area (Å²) >= 11 is 3.49. The first-order valence-corrected chi connectivity index (χ1v) is 9.04. The van der Waals surface area contributed by atoms with Crippen molar-refractivity contribution in [1.82, 2.24) is 0 Å². The molecule has 2 N–H and O–H groups in total. The van der Waals surface area contributed by atoms with Gasteiger partial charge in [0.05, 0.1) is 15.5 Å². The number of para-hydroxylation sites is 1. The van der Waals surface area contributed by atoms with Gasteiger partial charge in [-0.15, -0.1) is 0 Å². The standard InChI is InChI=1S/C16H18BrNO3S/c1-16(2,17)11-18-15-13(19)9-6-10-14(15)22(20,21)12-7-4-3-5-8-12/h3-10,18-19H,11H2,1-2H3. The molecule has 118 valence electrons. The quantitative estimate of drug-likeness (QED) is 0.608. The predicted octanol–water partition coefficient (Wildman–Crippen LogP) is 3.81. The number of hydrogen-bond donors (Lipinski definition) is 2. The number of aromatic hydroxyl groups is 1. The van der Waals surface area contributed by atoms with Crippen LogP contribution in [-0.4, -0.2) is 24.4 Å². The van der Waals surface area contributed by atoms with E-state index in [4.69, 9.17) is 0 Å². The minimum absolute atomic E-state index is 0.0652. The number of alkyl halides is 1. The second kappa shape index (κ2) is 6.30. The summed E-state index contributed by atoms with van der Waals surface area (Å²) in [7, 11) is -3.70. The number of rotatable bonds is 5. The van der Waals surface area contributed by atoms with Crippen LogP contribution in [0.5, 0.6) is 5.75 Å². The molecule has 0 aliphatic rings. The van der Waals surface area contributed by atoms with E-state index in [1.54, 1.807) is 18.2 Å². The third-order valence-corrected chi connectivity index (χ3v) is 5.13. The molecular formula is C16H18BrNO3S. The SMILES string of the molecule is CC(C)(Br)CNc1c(O)cccc1S(=O)(=O)c1ccccc1. The average molecular weight is 384 g/mol. The van der Waals surface area contributed by atoms with E-state index in [2.05, 4.69) is 21.2 Å². The third-order valence-electron chi connectivity index (χ3n) is 3.03. The Bertz CT molecular complexity index is 753. The highest BCUT2D eigenvalue weighted by atomic mass is 79.9. The summed E-state index contributed by atoms with van der Waals surface area (Å²) in [5.74, 6) is -0.0891.